The predicted molar refractivity (Wildman–Crippen MR) is 81.7 cm³/mol. The first-order valence-corrected chi connectivity index (χ1v) is 6.05. The van der Waals surface area contributed by atoms with Crippen molar-refractivity contribution in [3.63, 3.8) is 0 Å². The Kier molecular flexibility index (Phi) is 9.69. The first-order valence-electron chi connectivity index (χ1n) is 5.29. The van der Waals surface area contributed by atoms with Gasteiger partial charge in [0.05, 0.1) is 28.8 Å². The summed E-state index contributed by atoms with van der Waals surface area (Å²) in [7, 11) is 0. The Balaban J connectivity index is 0. The van der Waals surface area contributed by atoms with E-state index in [1.54, 1.807) is 18.2 Å². The molecule has 1 aromatic rings. The highest BCUT2D eigenvalue weighted by molar-refractivity contribution is 6.39. The van der Waals surface area contributed by atoms with Crippen LogP contribution in [0.2, 0.25) is 10.0 Å². The number of guanidine groups is 1. The molecule has 7 N–H and O–H groups in total. The molecule has 0 bridgehead atoms. The molecule has 1 aliphatic rings. The van der Waals surface area contributed by atoms with Gasteiger partial charge in [0.15, 0.2) is 0 Å². The van der Waals surface area contributed by atoms with Gasteiger partial charge in [-0.3, -0.25) is 4.79 Å². The van der Waals surface area contributed by atoms with E-state index in [-0.39, 0.29) is 16.4 Å². The quantitative estimate of drug-likeness (QED) is 0.810. The molecule has 0 saturated heterocycles. The molecule has 10 heteroatoms. The summed E-state index contributed by atoms with van der Waals surface area (Å²) < 4.78 is 0. The van der Waals surface area contributed by atoms with E-state index < -0.39 is 5.97 Å². The van der Waals surface area contributed by atoms with Gasteiger partial charge < -0.3 is 26.6 Å². The Morgan fingerprint density at radius 1 is 1.29 bits per heavy atom. The number of carbonyl (C=O) groups is 1. The van der Waals surface area contributed by atoms with E-state index in [1.807, 2.05) is 0 Å². The van der Waals surface area contributed by atoms with Gasteiger partial charge >= 0.3 is 5.97 Å². The molecule has 21 heavy (non-hydrogen) atoms. The zero-order valence-electron chi connectivity index (χ0n) is 11.1. The number of hydroxylamine groups is 2. The summed E-state index contributed by atoms with van der Waals surface area (Å²) in [5.74, 6) is 0.0110. The van der Waals surface area contributed by atoms with Crippen molar-refractivity contribution in [2.24, 2.45) is 4.99 Å². The molecule has 0 fully saturated rings. The number of aliphatic imine (C=N–C) groups is 1. The Labute approximate surface area is 131 Å². The minimum absolute atomic E-state index is 0. The molecular formula is C11H17Cl2N3O5. The van der Waals surface area contributed by atoms with E-state index in [0.29, 0.717) is 34.8 Å². The smallest absolute Gasteiger partial charge is 0.329 e. The second-order valence-electron chi connectivity index (χ2n) is 3.61. The number of carbonyl (C=O) groups excluding carboxylic acids is 1. The van der Waals surface area contributed by atoms with Crippen LogP contribution in [0.1, 0.15) is 6.92 Å². The molecule has 1 aromatic carbocycles. The van der Waals surface area contributed by atoms with Crippen LogP contribution in [0.15, 0.2) is 23.2 Å². The zero-order valence-corrected chi connectivity index (χ0v) is 12.6. The van der Waals surface area contributed by atoms with E-state index in [1.165, 1.54) is 12.0 Å². The lowest BCUT2D eigenvalue weighted by Crippen LogP contribution is -2.34. The number of para-hydroxylation sites is 1. The molecule has 1 aliphatic heterocycles. The van der Waals surface area contributed by atoms with Crippen LogP contribution < -0.4 is 5.32 Å². The van der Waals surface area contributed by atoms with Crippen molar-refractivity contribution in [1.82, 2.24) is 5.06 Å². The fourth-order valence-electron chi connectivity index (χ4n) is 1.51. The summed E-state index contributed by atoms with van der Waals surface area (Å²) in [6, 6.07) is 5.17. The Bertz CT molecular complexity index is 492. The molecule has 0 radical (unpaired) electrons. The van der Waals surface area contributed by atoms with E-state index >= 15 is 0 Å². The van der Waals surface area contributed by atoms with Crippen molar-refractivity contribution >= 4 is 40.8 Å². The van der Waals surface area contributed by atoms with Crippen LogP contribution in [-0.4, -0.2) is 46.5 Å². The number of hydrogen-bond acceptors (Lipinski definition) is 5. The van der Waals surface area contributed by atoms with E-state index in [2.05, 4.69) is 10.3 Å². The molecule has 0 saturated carbocycles. The fraction of sp³-hybridized carbons (Fsp3) is 0.273. The standard InChI is InChI=1S/C11H11Cl2N3O2.3H2O/c1-7(17)18-16-6-5-14-11(16)15-10-8(12)3-2-4-9(10)13;;;/h2-4H,5-6H2,1H3,(H,14,15);3*1H2. The van der Waals surface area contributed by atoms with Gasteiger partial charge in [-0.25, -0.2) is 4.99 Å². The number of halogens is 2. The highest BCUT2D eigenvalue weighted by Crippen LogP contribution is 2.30. The van der Waals surface area contributed by atoms with Crippen molar-refractivity contribution in [1.29, 1.82) is 0 Å². The molecule has 120 valence electrons. The normalized spacial score (nSPS) is 12.3. The molecule has 0 amide bonds. The van der Waals surface area contributed by atoms with E-state index in [4.69, 9.17) is 28.0 Å². The van der Waals surface area contributed by atoms with Crippen molar-refractivity contribution in [3.8, 4) is 0 Å². The largest absolute Gasteiger partial charge is 0.412 e. The maximum atomic E-state index is 10.9. The molecule has 0 aromatic heterocycles. The van der Waals surface area contributed by atoms with E-state index in [0.717, 1.165) is 0 Å². The third-order valence-corrected chi connectivity index (χ3v) is 2.87. The SMILES string of the molecule is CC(=O)ON1CCN=C1Nc1c(Cl)cccc1Cl.O.O.O. The van der Waals surface area contributed by atoms with Crippen molar-refractivity contribution in [2.45, 2.75) is 6.92 Å². The lowest BCUT2D eigenvalue weighted by atomic mass is 10.3. The molecular weight excluding hydrogens is 325 g/mol. The predicted octanol–water partition coefficient (Wildman–Crippen LogP) is 0.0809. The van der Waals surface area contributed by atoms with Gasteiger partial charge in [0.25, 0.3) is 0 Å². The van der Waals surface area contributed by atoms with Crippen molar-refractivity contribution < 1.29 is 26.1 Å². The second-order valence-corrected chi connectivity index (χ2v) is 4.43. The number of hydrogen-bond donors (Lipinski definition) is 1. The number of benzene rings is 1. The van der Waals surface area contributed by atoms with Gasteiger partial charge in [0.2, 0.25) is 5.96 Å². The van der Waals surface area contributed by atoms with E-state index in [9.17, 15) is 4.79 Å². The average Bonchev–Trinajstić information content (AvgIpc) is 2.70. The summed E-state index contributed by atoms with van der Waals surface area (Å²) in [6.07, 6.45) is 0. The highest BCUT2D eigenvalue weighted by Gasteiger charge is 2.21. The Morgan fingerprint density at radius 3 is 2.38 bits per heavy atom. The van der Waals surface area contributed by atoms with Gasteiger partial charge in [-0.05, 0) is 12.1 Å². The summed E-state index contributed by atoms with van der Waals surface area (Å²) in [5, 5.41) is 5.29. The lowest BCUT2D eigenvalue weighted by molar-refractivity contribution is -0.168. The number of nitrogens with one attached hydrogen (secondary N) is 1. The molecule has 8 nitrogen and oxygen atoms in total. The summed E-state index contributed by atoms with van der Waals surface area (Å²) >= 11 is 12.1. The maximum Gasteiger partial charge on any atom is 0.329 e. The van der Waals surface area contributed by atoms with Gasteiger partial charge in [0.1, 0.15) is 0 Å². The highest BCUT2D eigenvalue weighted by atomic mass is 35.5. The van der Waals surface area contributed by atoms with Crippen LogP contribution in [0.5, 0.6) is 0 Å². The first kappa shape index (κ1) is 21.7. The molecule has 0 unspecified atom stereocenters. The maximum absolute atomic E-state index is 10.9. The molecule has 0 atom stereocenters. The molecule has 2 rings (SSSR count). The van der Waals surface area contributed by atoms with Crippen molar-refractivity contribution in [3.05, 3.63) is 28.2 Å². The van der Waals surface area contributed by atoms with Crippen LogP contribution >= 0.6 is 23.2 Å². The monoisotopic (exact) mass is 341 g/mol. The minimum atomic E-state index is -0.406. The van der Waals surface area contributed by atoms with Crippen LogP contribution in [0.25, 0.3) is 0 Å². The topological polar surface area (TPSA) is 148 Å². The van der Waals surface area contributed by atoms with Crippen LogP contribution in [0.4, 0.5) is 5.69 Å². The third-order valence-electron chi connectivity index (χ3n) is 2.24. The van der Waals surface area contributed by atoms with Crippen molar-refractivity contribution in [2.75, 3.05) is 18.4 Å². The Hall–Kier alpha value is -1.58. The van der Waals surface area contributed by atoms with Crippen LogP contribution in [-0.2, 0) is 9.63 Å². The molecule has 1 heterocycles. The second kappa shape index (κ2) is 9.37. The summed E-state index contributed by atoms with van der Waals surface area (Å²) in [4.78, 5) is 20.1. The first-order chi connectivity index (χ1) is 8.58. The van der Waals surface area contributed by atoms with Crippen LogP contribution in [0.3, 0.4) is 0 Å². The Morgan fingerprint density at radius 2 is 1.86 bits per heavy atom. The molecule has 0 spiro atoms. The van der Waals surface area contributed by atoms with Gasteiger partial charge in [-0.15, -0.1) is 0 Å². The zero-order chi connectivity index (χ0) is 13.1. The van der Waals surface area contributed by atoms with Gasteiger partial charge in [-0.2, -0.15) is 5.06 Å². The van der Waals surface area contributed by atoms with Gasteiger partial charge in [-0.1, -0.05) is 29.3 Å². The lowest BCUT2D eigenvalue weighted by Gasteiger charge is -2.19. The summed E-state index contributed by atoms with van der Waals surface area (Å²) in [6.45, 7) is 2.38. The number of nitrogens with zero attached hydrogens (tertiary/aromatic N) is 2. The third kappa shape index (κ3) is 5.37. The fourth-order valence-corrected chi connectivity index (χ4v) is 2.00. The number of anilines is 1. The van der Waals surface area contributed by atoms with Gasteiger partial charge in [0, 0.05) is 6.92 Å². The number of rotatable bonds is 2. The van der Waals surface area contributed by atoms with Crippen LogP contribution in [0, 0.1) is 0 Å². The summed E-state index contributed by atoms with van der Waals surface area (Å²) in [5.41, 5.74) is 0.540. The molecule has 0 aliphatic carbocycles. The average molecular weight is 342 g/mol. The minimum Gasteiger partial charge on any atom is -0.412 e.